The van der Waals surface area contributed by atoms with Gasteiger partial charge >= 0.3 is 0 Å². The van der Waals surface area contributed by atoms with E-state index in [0.717, 1.165) is 36.7 Å². The number of aromatic nitrogens is 1. The number of pyridine rings is 1. The lowest BCUT2D eigenvalue weighted by Crippen LogP contribution is -2.03. The van der Waals surface area contributed by atoms with Gasteiger partial charge in [-0.3, -0.25) is 4.98 Å². The van der Waals surface area contributed by atoms with Crippen molar-refractivity contribution in [2.45, 2.75) is 19.3 Å². The number of nitrogens with two attached hydrogens (primary N) is 1. The molecule has 3 nitrogen and oxygen atoms in total. The monoisotopic (exact) mass is 178 g/mol. The van der Waals surface area contributed by atoms with Gasteiger partial charge in [0.1, 0.15) is 0 Å². The third kappa shape index (κ3) is 1.80. The van der Waals surface area contributed by atoms with E-state index in [2.05, 4.69) is 4.98 Å². The van der Waals surface area contributed by atoms with Gasteiger partial charge in [-0.05, 0) is 25.5 Å². The van der Waals surface area contributed by atoms with E-state index in [1.54, 1.807) is 0 Å². The van der Waals surface area contributed by atoms with Gasteiger partial charge in [-0.15, -0.1) is 0 Å². The fraction of sp³-hybridized carbons (Fsp3) is 0.500. The molecule has 1 aromatic rings. The van der Waals surface area contributed by atoms with Crippen LogP contribution in [0.15, 0.2) is 12.1 Å². The predicted molar refractivity (Wildman–Crippen MR) is 51.6 cm³/mol. The summed E-state index contributed by atoms with van der Waals surface area (Å²) in [5.74, 6) is 0.446. The van der Waals surface area contributed by atoms with E-state index in [1.807, 2.05) is 19.1 Å². The third-order valence-corrected chi connectivity index (χ3v) is 2.34. The third-order valence-electron chi connectivity index (χ3n) is 2.34. The van der Waals surface area contributed by atoms with Gasteiger partial charge in [0.05, 0.1) is 6.61 Å². The highest BCUT2D eigenvalue weighted by Crippen LogP contribution is 2.24. The molecule has 2 rings (SSSR count). The molecule has 1 aliphatic heterocycles. The molecule has 0 amide bonds. The second-order valence-electron chi connectivity index (χ2n) is 3.53. The quantitative estimate of drug-likeness (QED) is 0.708. The Bertz CT molecular complexity index is 286. The van der Waals surface area contributed by atoms with Gasteiger partial charge in [-0.1, -0.05) is 0 Å². The van der Waals surface area contributed by atoms with Gasteiger partial charge < -0.3 is 10.5 Å². The number of nitrogen functional groups attached to an aromatic ring is 1. The highest BCUT2D eigenvalue weighted by molar-refractivity contribution is 5.41. The fourth-order valence-corrected chi connectivity index (χ4v) is 1.70. The van der Waals surface area contributed by atoms with Gasteiger partial charge in [-0.2, -0.15) is 0 Å². The van der Waals surface area contributed by atoms with E-state index in [0.29, 0.717) is 5.92 Å². The van der Waals surface area contributed by atoms with Crippen molar-refractivity contribution < 1.29 is 4.74 Å². The lowest BCUT2D eigenvalue weighted by molar-refractivity contribution is 0.193. The summed E-state index contributed by atoms with van der Waals surface area (Å²) in [4.78, 5) is 4.46. The molecule has 1 atom stereocenters. The van der Waals surface area contributed by atoms with E-state index < -0.39 is 0 Å². The molecule has 1 unspecified atom stereocenters. The van der Waals surface area contributed by atoms with Gasteiger partial charge in [0.15, 0.2) is 0 Å². The number of ether oxygens (including phenoxy) is 1. The number of hydrogen-bond acceptors (Lipinski definition) is 3. The molecule has 13 heavy (non-hydrogen) atoms. The standard InChI is InChI=1S/C10H14N2O/c1-7-4-9(11)5-10(12-7)8-2-3-13-6-8/h4-5,8H,2-3,6H2,1H3,(H2,11,12). The Balaban J connectivity index is 2.28. The van der Waals surface area contributed by atoms with E-state index in [9.17, 15) is 0 Å². The lowest BCUT2D eigenvalue weighted by atomic mass is 10.0. The minimum Gasteiger partial charge on any atom is -0.399 e. The maximum absolute atomic E-state index is 5.75. The van der Waals surface area contributed by atoms with E-state index in [1.165, 1.54) is 0 Å². The van der Waals surface area contributed by atoms with Gasteiger partial charge in [-0.25, -0.2) is 0 Å². The van der Waals surface area contributed by atoms with Crippen LogP contribution in [0.3, 0.4) is 0 Å². The summed E-state index contributed by atoms with van der Waals surface area (Å²) >= 11 is 0. The molecule has 0 saturated carbocycles. The van der Waals surface area contributed by atoms with Crippen molar-refractivity contribution in [1.29, 1.82) is 0 Å². The predicted octanol–water partition coefficient (Wildman–Crippen LogP) is 1.48. The SMILES string of the molecule is Cc1cc(N)cc(C2CCOC2)n1. The van der Waals surface area contributed by atoms with Gasteiger partial charge in [0.25, 0.3) is 0 Å². The zero-order valence-electron chi connectivity index (χ0n) is 7.79. The molecular weight excluding hydrogens is 164 g/mol. The molecule has 1 fully saturated rings. The van der Waals surface area contributed by atoms with E-state index >= 15 is 0 Å². The zero-order chi connectivity index (χ0) is 9.26. The average molecular weight is 178 g/mol. The summed E-state index contributed by atoms with van der Waals surface area (Å²) in [7, 11) is 0. The molecule has 1 aliphatic rings. The lowest BCUT2D eigenvalue weighted by Gasteiger charge is -2.08. The summed E-state index contributed by atoms with van der Waals surface area (Å²) in [5.41, 5.74) is 8.61. The molecule has 1 saturated heterocycles. The molecule has 3 heteroatoms. The van der Waals surface area contributed by atoms with Crippen LogP contribution in [0.1, 0.15) is 23.7 Å². The van der Waals surface area contributed by atoms with Crippen molar-refractivity contribution in [3.63, 3.8) is 0 Å². The van der Waals surface area contributed by atoms with Crippen LogP contribution < -0.4 is 5.73 Å². The molecule has 0 aliphatic carbocycles. The topological polar surface area (TPSA) is 48.1 Å². The van der Waals surface area contributed by atoms with Crippen molar-refractivity contribution in [1.82, 2.24) is 4.98 Å². The number of aryl methyl sites for hydroxylation is 1. The molecule has 70 valence electrons. The molecular formula is C10H14N2O. The first-order chi connectivity index (χ1) is 6.25. The molecule has 0 bridgehead atoms. The highest BCUT2D eigenvalue weighted by Gasteiger charge is 2.19. The van der Waals surface area contributed by atoms with Crippen molar-refractivity contribution in [3.8, 4) is 0 Å². The van der Waals surface area contributed by atoms with Crippen LogP contribution in [0.4, 0.5) is 5.69 Å². The van der Waals surface area contributed by atoms with E-state index in [4.69, 9.17) is 10.5 Å². The Hall–Kier alpha value is -1.09. The minimum atomic E-state index is 0.446. The first-order valence-corrected chi connectivity index (χ1v) is 4.57. The summed E-state index contributed by atoms with van der Waals surface area (Å²) < 4.78 is 5.31. The maximum atomic E-state index is 5.75. The van der Waals surface area contributed by atoms with Crippen LogP contribution in [0, 0.1) is 6.92 Å². The molecule has 1 aromatic heterocycles. The Kier molecular flexibility index (Phi) is 2.19. The first-order valence-electron chi connectivity index (χ1n) is 4.57. The summed E-state index contributed by atoms with van der Waals surface area (Å²) in [6.07, 6.45) is 1.07. The number of nitrogens with zero attached hydrogens (tertiary/aromatic N) is 1. The summed E-state index contributed by atoms with van der Waals surface area (Å²) in [6, 6.07) is 3.84. The van der Waals surface area contributed by atoms with Crippen molar-refractivity contribution in [2.75, 3.05) is 18.9 Å². The highest BCUT2D eigenvalue weighted by atomic mass is 16.5. The second-order valence-corrected chi connectivity index (χ2v) is 3.53. The molecule has 0 radical (unpaired) electrons. The Labute approximate surface area is 77.9 Å². The summed E-state index contributed by atoms with van der Waals surface area (Å²) in [5, 5.41) is 0. The van der Waals surface area contributed by atoms with Crippen LogP contribution in [0.2, 0.25) is 0 Å². The smallest absolute Gasteiger partial charge is 0.0550 e. The molecule has 0 spiro atoms. The second kappa shape index (κ2) is 3.34. The fourth-order valence-electron chi connectivity index (χ4n) is 1.70. The average Bonchev–Trinajstić information content (AvgIpc) is 2.53. The Morgan fingerprint density at radius 1 is 1.54 bits per heavy atom. The van der Waals surface area contributed by atoms with Crippen LogP contribution in [-0.2, 0) is 4.74 Å². The Morgan fingerprint density at radius 3 is 3.00 bits per heavy atom. The van der Waals surface area contributed by atoms with Crippen LogP contribution in [0.5, 0.6) is 0 Å². The van der Waals surface area contributed by atoms with Crippen LogP contribution in [0.25, 0.3) is 0 Å². The molecule has 2 heterocycles. The number of hydrogen-bond donors (Lipinski definition) is 1. The Morgan fingerprint density at radius 2 is 2.38 bits per heavy atom. The van der Waals surface area contributed by atoms with Crippen LogP contribution in [-0.4, -0.2) is 18.2 Å². The van der Waals surface area contributed by atoms with E-state index in [-0.39, 0.29) is 0 Å². The van der Waals surface area contributed by atoms with Gasteiger partial charge in [0.2, 0.25) is 0 Å². The summed E-state index contributed by atoms with van der Waals surface area (Å²) in [6.45, 7) is 3.60. The first kappa shape index (κ1) is 8.51. The van der Waals surface area contributed by atoms with Crippen molar-refractivity contribution in [2.24, 2.45) is 0 Å². The number of anilines is 1. The zero-order valence-corrected chi connectivity index (χ0v) is 7.79. The van der Waals surface area contributed by atoms with Crippen LogP contribution >= 0.6 is 0 Å². The minimum absolute atomic E-state index is 0.446. The number of rotatable bonds is 1. The van der Waals surface area contributed by atoms with Crippen molar-refractivity contribution >= 4 is 5.69 Å². The van der Waals surface area contributed by atoms with Crippen molar-refractivity contribution in [3.05, 3.63) is 23.5 Å². The normalized spacial score (nSPS) is 22.1. The molecule has 2 N–H and O–H groups in total. The maximum Gasteiger partial charge on any atom is 0.0550 e. The largest absolute Gasteiger partial charge is 0.399 e. The molecule has 0 aromatic carbocycles. The van der Waals surface area contributed by atoms with Gasteiger partial charge in [0, 0.05) is 29.6 Å².